The number of hydrogen-bond donors (Lipinski definition) is 1. The molecule has 0 radical (unpaired) electrons. The maximum Gasteiger partial charge on any atom is 0.255 e. The van der Waals surface area contributed by atoms with Gasteiger partial charge in [-0.25, -0.2) is 0 Å². The lowest BCUT2D eigenvalue weighted by Crippen LogP contribution is -2.27. The second-order valence-electron chi connectivity index (χ2n) is 9.03. The van der Waals surface area contributed by atoms with Crippen LogP contribution in [0.4, 0.5) is 11.4 Å². The van der Waals surface area contributed by atoms with Crippen LogP contribution in [0, 0.1) is 0 Å². The Labute approximate surface area is 213 Å². The molecule has 5 heteroatoms. The topological polar surface area (TPSA) is 49.4 Å². The van der Waals surface area contributed by atoms with Gasteiger partial charge in [0.15, 0.2) is 0 Å². The highest BCUT2D eigenvalue weighted by Gasteiger charge is 2.34. The average Bonchev–Trinajstić information content (AvgIpc) is 3.28. The van der Waals surface area contributed by atoms with Crippen LogP contribution < -0.4 is 10.2 Å². The van der Waals surface area contributed by atoms with Crippen LogP contribution in [0.5, 0.6) is 0 Å². The number of nitrogens with one attached hydrogen (secondary N) is 1. The molecule has 1 aliphatic heterocycles. The number of anilines is 2. The molecule has 1 N–H and O–H groups in total. The molecule has 1 fully saturated rings. The summed E-state index contributed by atoms with van der Waals surface area (Å²) in [5.74, 6) is 0.474. The van der Waals surface area contributed by atoms with Crippen LogP contribution in [0.3, 0.4) is 0 Å². The molecule has 2 amide bonds. The number of amides is 2. The number of unbranched alkanes of at least 4 members (excludes halogenated alkanes) is 3. The minimum atomic E-state index is -0.113. The highest BCUT2D eigenvalue weighted by Crippen LogP contribution is 2.42. The molecule has 0 aromatic heterocycles. The Hall–Kier alpha value is -3.05. The Morgan fingerprint density at radius 3 is 2.23 bits per heavy atom. The number of nitrogens with zero attached hydrogens (tertiary/aromatic N) is 1. The van der Waals surface area contributed by atoms with E-state index in [4.69, 9.17) is 0 Å². The van der Waals surface area contributed by atoms with E-state index >= 15 is 0 Å². The van der Waals surface area contributed by atoms with Crippen molar-refractivity contribution in [1.29, 1.82) is 0 Å². The molecule has 0 saturated carbocycles. The molecular formula is C30H34N2O2S. The van der Waals surface area contributed by atoms with Crippen molar-refractivity contribution < 1.29 is 9.59 Å². The van der Waals surface area contributed by atoms with E-state index in [1.54, 1.807) is 11.8 Å². The van der Waals surface area contributed by atoms with Crippen molar-refractivity contribution in [3.63, 3.8) is 0 Å². The lowest BCUT2D eigenvalue weighted by Gasteiger charge is -2.24. The molecule has 0 unspecified atom stereocenters. The number of aryl methyl sites for hydroxylation is 2. The van der Waals surface area contributed by atoms with Gasteiger partial charge in [-0.05, 0) is 72.4 Å². The third-order valence-corrected chi connectivity index (χ3v) is 7.69. The number of rotatable bonds is 10. The van der Waals surface area contributed by atoms with Gasteiger partial charge in [-0.3, -0.25) is 14.5 Å². The quantitative estimate of drug-likeness (QED) is 0.304. The fourth-order valence-corrected chi connectivity index (χ4v) is 5.53. The number of thioether (sulfide) groups is 1. The zero-order chi connectivity index (χ0) is 24.6. The molecule has 35 heavy (non-hydrogen) atoms. The monoisotopic (exact) mass is 486 g/mol. The zero-order valence-corrected chi connectivity index (χ0v) is 21.4. The van der Waals surface area contributed by atoms with Crippen LogP contribution in [-0.4, -0.2) is 17.6 Å². The summed E-state index contributed by atoms with van der Waals surface area (Å²) in [5.41, 5.74) is 5.91. The molecule has 0 bridgehead atoms. The van der Waals surface area contributed by atoms with E-state index < -0.39 is 0 Å². The lowest BCUT2D eigenvalue weighted by atomic mass is 10.0. The summed E-state index contributed by atoms with van der Waals surface area (Å²) in [6, 6.07) is 24.0. The normalized spacial score (nSPS) is 15.4. The van der Waals surface area contributed by atoms with Crippen molar-refractivity contribution >= 4 is 35.0 Å². The predicted octanol–water partition coefficient (Wildman–Crippen LogP) is 7.40. The van der Waals surface area contributed by atoms with Gasteiger partial charge in [0, 0.05) is 16.9 Å². The van der Waals surface area contributed by atoms with Gasteiger partial charge in [0.1, 0.15) is 5.37 Å². The smallest absolute Gasteiger partial charge is 0.255 e. The number of hydrogen-bond acceptors (Lipinski definition) is 3. The fraction of sp³-hybridized carbons (Fsp3) is 0.333. The molecule has 1 heterocycles. The van der Waals surface area contributed by atoms with Crippen molar-refractivity contribution in [2.24, 2.45) is 0 Å². The van der Waals surface area contributed by atoms with E-state index in [9.17, 15) is 9.59 Å². The van der Waals surface area contributed by atoms with Gasteiger partial charge in [-0.2, -0.15) is 0 Å². The average molecular weight is 487 g/mol. The van der Waals surface area contributed by atoms with Gasteiger partial charge in [0.25, 0.3) is 5.91 Å². The summed E-state index contributed by atoms with van der Waals surface area (Å²) in [5, 5.41) is 2.93. The van der Waals surface area contributed by atoms with Crippen molar-refractivity contribution in [3.05, 3.63) is 95.1 Å². The molecule has 0 aliphatic carbocycles. The van der Waals surface area contributed by atoms with E-state index in [2.05, 4.69) is 43.4 Å². The Morgan fingerprint density at radius 2 is 1.57 bits per heavy atom. The van der Waals surface area contributed by atoms with Gasteiger partial charge in [-0.15, -0.1) is 11.8 Å². The molecule has 4 nitrogen and oxygen atoms in total. The first-order chi connectivity index (χ1) is 17.1. The van der Waals surface area contributed by atoms with Crippen LogP contribution in [0.25, 0.3) is 0 Å². The summed E-state index contributed by atoms with van der Waals surface area (Å²) in [6.45, 7) is 4.34. The summed E-state index contributed by atoms with van der Waals surface area (Å²) in [4.78, 5) is 27.2. The van der Waals surface area contributed by atoms with Crippen molar-refractivity contribution in [2.75, 3.05) is 16.0 Å². The second kappa shape index (κ2) is 12.1. The van der Waals surface area contributed by atoms with E-state index in [0.29, 0.717) is 11.3 Å². The van der Waals surface area contributed by atoms with Gasteiger partial charge < -0.3 is 5.32 Å². The van der Waals surface area contributed by atoms with Gasteiger partial charge in [0.2, 0.25) is 5.91 Å². The summed E-state index contributed by atoms with van der Waals surface area (Å²) in [6.07, 6.45) is 7.00. The standard InChI is InChI=1S/C30H34N2O2S/c1-3-5-6-7-8-23-9-13-24(14-10-23)29(34)31-26-17-15-25(16-18-26)30-32(28(33)21-35-30)27-19-11-22(4-2)12-20-27/h9-20,30H,3-8,21H2,1-2H3,(H,31,34)/t30-/m1/s1. The van der Waals surface area contributed by atoms with Crippen LogP contribution in [-0.2, 0) is 17.6 Å². The second-order valence-corrected chi connectivity index (χ2v) is 10.1. The minimum Gasteiger partial charge on any atom is -0.322 e. The van der Waals surface area contributed by atoms with Gasteiger partial charge >= 0.3 is 0 Å². The molecule has 0 spiro atoms. The fourth-order valence-electron chi connectivity index (χ4n) is 4.36. The number of benzene rings is 3. The SMILES string of the molecule is CCCCCCc1ccc(C(=O)Nc2ccc([C@H]3SCC(=O)N3c3ccc(CC)cc3)cc2)cc1. The first kappa shape index (κ1) is 25.1. The molecule has 1 saturated heterocycles. The van der Waals surface area contributed by atoms with Crippen LogP contribution in [0.1, 0.15) is 72.0 Å². The van der Waals surface area contributed by atoms with E-state index in [1.165, 1.54) is 36.8 Å². The summed E-state index contributed by atoms with van der Waals surface area (Å²) >= 11 is 1.63. The maximum absolute atomic E-state index is 12.7. The van der Waals surface area contributed by atoms with Crippen molar-refractivity contribution in [3.8, 4) is 0 Å². The van der Waals surface area contributed by atoms with Crippen molar-refractivity contribution in [2.45, 2.75) is 57.7 Å². The van der Waals surface area contributed by atoms with Crippen molar-refractivity contribution in [1.82, 2.24) is 0 Å². The maximum atomic E-state index is 12.7. The van der Waals surface area contributed by atoms with Crippen LogP contribution in [0.2, 0.25) is 0 Å². The molecule has 1 aliphatic rings. The molecule has 1 atom stereocenters. The molecular weight excluding hydrogens is 452 g/mol. The van der Waals surface area contributed by atoms with E-state index in [-0.39, 0.29) is 17.2 Å². The molecule has 3 aromatic rings. The number of carbonyl (C=O) groups is 2. The summed E-state index contributed by atoms with van der Waals surface area (Å²) < 4.78 is 0. The Bertz CT molecular complexity index is 1120. The molecule has 4 rings (SSSR count). The van der Waals surface area contributed by atoms with E-state index in [1.807, 2.05) is 53.4 Å². The van der Waals surface area contributed by atoms with Crippen LogP contribution in [0.15, 0.2) is 72.8 Å². The molecule has 182 valence electrons. The number of carbonyl (C=O) groups excluding carboxylic acids is 2. The Kier molecular flexibility index (Phi) is 8.64. The third-order valence-electron chi connectivity index (χ3n) is 6.48. The zero-order valence-electron chi connectivity index (χ0n) is 20.6. The third kappa shape index (κ3) is 6.34. The van der Waals surface area contributed by atoms with E-state index in [0.717, 1.165) is 29.8 Å². The largest absolute Gasteiger partial charge is 0.322 e. The highest BCUT2D eigenvalue weighted by molar-refractivity contribution is 8.00. The minimum absolute atomic E-state index is 0.0652. The van der Waals surface area contributed by atoms with Gasteiger partial charge in [0.05, 0.1) is 5.75 Å². The molecule has 3 aromatic carbocycles. The Balaban J connectivity index is 1.38. The van der Waals surface area contributed by atoms with Crippen LogP contribution >= 0.6 is 11.8 Å². The first-order valence-corrected chi connectivity index (χ1v) is 13.7. The highest BCUT2D eigenvalue weighted by atomic mass is 32.2. The lowest BCUT2D eigenvalue weighted by molar-refractivity contribution is -0.115. The predicted molar refractivity (Wildman–Crippen MR) is 147 cm³/mol. The Morgan fingerprint density at radius 1 is 0.886 bits per heavy atom. The first-order valence-electron chi connectivity index (χ1n) is 12.6. The summed E-state index contributed by atoms with van der Waals surface area (Å²) in [7, 11) is 0. The van der Waals surface area contributed by atoms with Gasteiger partial charge in [-0.1, -0.05) is 69.5 Å².